The van der Waals surface area contributed by atoms with Crippen LogP contribution in [0.5, 0.6) is 0 Å². The molecule has 1 atom stereocenters. The summed E-state index contributed by atoms with van der Waals surface area (Å²) in [6.07, 6.45) is 0. The highest BCUT2D eigenvalue weighted by Gasteiger charge is 2.17. The topological polar surface area (TPSA) is 66.9 Å². The van der Waals surface area contributed by atoms with E-state index in [-0.39, 0.29) is 17.0 Å². The van der Waals surface area contributed by atoms with E-state index in [2.05, 4.69) is 20.8 Å². The number of aromatic nitrogens is 2. The molecule has 0 aliphatic carbocycles. The van der Waals surface area contributed by atoms with E-state index in [1.54, 1.807) is 25.1 Å². The summed E-state index contributed by atoms with van der Waals surface area (Å²) in [6.45, 7) is 2.17. The number of anilines is 2. The Morgan fingerprint density at radius 3 is 2.85 bits per heavy atom. The van der Waals surface area contributed by atoms with Gasteiger partial charge in [0, 0.05) is 17.3 Å². The normalized spacial score (nSPS) is 11.8. The van der Waals surface area contributed by atoms with Crippen molar-refractivity contribution in [2.75, 3.05) is 5.32 Å². The first-order chi connectivity index (χ1) is 13.0. The van der Waals surface area contributed by atoms with E-state index in [1.165, 1.54) is 35.2 Å². The van der Waals surface area contributed by atoms with E-state index in [9.17, 15) is 9.18 Å². The van der Waals surface area contributed by atoms with E-state index in [0.717, 1.165) is 5.56 Å². The van der Waals surface area contributed by atoms with Gasteiger partial charge in [0.15, 0.2) is 4.34 Å². The van der Waals surface area contributed by atoms with Crippen molar-refractivity contribution < 1.29 is 9.18 Å². The van der Waals surface area contributed by atoms with Crippen LogP contribution in [0.25, 0.3) is 0 Å². The van der Waals surface area contributed by atoms with Crippen molar-refractivity contribution in [3.8, 4) is 0 Å². The smallest absolute Gasteiger partial charge is 0.233 e. The lowest BCUT2D eigenvalue weighted by Gasteiger charge is -2.11. The van der Waals surface area contributed by atoms with Crippen molar-refractivity contribution in [1.82, 2.24) is 15.5 Å². The summed E-state index contributed by atoms with van der Waals surface area (Å²) in [5.74, 6) is -0.447. The molecule has 140 valence electrons. The number of benzene rings is 2. The molecule has 1 unspecified atom stereocenters. The zero-order valence-electron chi connectivity index (χ0n) is 14.3. The molecular weight excluding hydrogens is 407 g/mol. The fourth-order valence-electron chi connectivity index (χ4n) is 2.17. The number of nitrogens with one attached hydrogen (secondary N) is 2. The SMILES string of the molecule is CC(Sc1nnc(Nc2cccc(F)c2)s1)C(=O)NCc1ccccc1Cl. The van der Waals surface area contributed by atoms with Crippen LogP contribution in [0.15, 0.2) is 52.9 Å². The number of amides is 1. The van der Waals surface area contributed by atoms with Crippen LogP contribution >= 0.6 is 34.7 Å². The second-order valence-electron chi connectivity index (χ2n) is 5.58. The number of hydrogen-bond acceptors (Lipinski definition) is 6. The predicted molar refractivity (Wildman–Crippen MR) is 108 cm³/mol. The second kappa shape index (κ2) is 9.16. The van der Waals surface area contributed by atoms with Gasteiger partial charge in [-0.1, -0.05) is 59.0 Å². The number of thioether (sulfide) groups is 1. The van der Waals surface area contributed by atoms with Crippen LogP contribution in [0.1, 0.15) is 12.5 Å². The maximum atomic E-state index is 13.2. The summed E-state index contributed by atoms with van der Waals surface area (Å²) in [5.41, 5.74) is 1.45. The minimum Gasteiger partial charge on any atom is -0.351 e. The maximum Gasteiger partial charge on any atom is 0.233 e. The Hall–Kier alpha value is -2.16. The zero-order chi connectivity index (χ0) is 19.2. The van der Waals surface area contributed by atoms with Gasteiger partial charge >= 0.3 is 0 Å². The van der Waals surface area contributed by atoms with Gasteiger partial charge in [-0.25, -0.2) is 4.39 Å². The van der Waals surface area contributed by atoms with Gasteiger partial charge < -0.3 is 10.6 Å². The highest BCUT2D eigenvalue weighted by molar-refractivity contribution is 8.02. The molecule has 0 saturated carbocycles. The molecule has 1 aromatic heterocycles. The van der Waals surface area contributed by atoms with E-state index in [0.29, 0.717) is 26.7 Å². The number of rotatable bonds is 7. The molecule has 3 rings (SSSR count). The van der Waals surface area contributed by atoms with Crippen LogP contribution in [0.2, 0.25) is 5.02 Å². The molecule has 0 aliphatic rings. The Bertz CT molecular complexity index is 937. The van der Waals surface area contributed by atoms with Crippen LogP contribution in [-0.2, 0) is 11.3 Å². The fourth-order valence-corrected chi connectivity index (χ4v) is 4.31. The third kappa shape index (κ3) is 5.66. The highest BCUT2D eigenvalue weighted by Crippen LogP contribution is 2.30. The maximum absolute atomic E-state index is 13.2. The summed E-state index contributed by atoms with van der Waals surface area (Å²) in [5, 5.41) is 14.8. The van der Waals surface area contributed by atoms with E-state index < -0.39 is 0 Å². The second-order valence-corrected chi connectivity index (χ2v) is 8.55. The molecule has 1 heterocycles. The standard InChI is InChI=1S/C18H16ClFN4OS2/c1-11(16(25)21-10-12-5-2-3-8-15(12)19)26-18-24-23-17(27-18)22-14-7-4-6-13(20)9-14/h2-9,11H,10H2,1H3,(H,21,25)(H,22,23). The molecule has 9 heteroatoms. The summed E-state index contributed by atoms with van der Waals surface area (Å²) in [4.78, 5) is 12.3. The van der Waals surface area contributed by atoms with E-state index >= 15 is 0 Å². The first-order valence-corrected chi connectivity index (χ1v) is 10.1. The largest absolute Gasteiger partial charge is 0.351 e. The predicted octanol–water partition coefficient (Wildman–Crippen LogP) is 4.87. The minimum absolute atomic E-state index is 0.116. The molecule has 0 spiro atoms. The monoisotopic (exact) mass is 422 g/mol. The summed E-state index contributed by atoms with van der Waals surface area (Å²) in [7, 11) is 0. The number of nitrogens with zero attached hydrogens (tertiary/aromatic N) is 2. The van der Waals surface area contributed by atoms with Crippen molar-refractivity contribution in [3.63, 3.8) is 0 Å². The summed E-state index contributed by atoms with van der Waals surface area (Å²) in [6, 6.07) is 13.5. The first-order valence-electron chi connectivity index (χ1n) is 8.05. The molecule has 0 bridgehead atoms. The number of hydrogen-bond donors (Lipinski definition) is 2. The molecule has 3 aromatic rings. The lowest BCUT2D eigenvalue weighted by molar-refractivity contribution is -0.120. The molecule has 2 aromatic carbocycles. The van der Waals surface area contributed by atoms with Crippen LogP contribution in [0.4, 0.5) is 15.2 Å². The summed E-state index contributed by atoms with van der Waals surface area (Å²) >= 11 is 8.71. The Morgan fingerprint density at radius 1 is 1.26 bits per heavy atom. The molecule has 5 nitrogen and oxygen atoms in total. The average molecular weight is 423 g/mol. The highest BCUT2D eigenvalue weighted by atomic mass is 35.5. The summed E-state index contributed by atoms with van der Waals surface area (Å²) < 4.78 is 13.9. The minimum atomic E-state index is -0.345. The van der Waals surface area contributed by atoms with Gasteiger partial charge in [0.25, 0.3) is 0 Å². The van der Waals surface area contributed by atoms with Crippen LogP contribution in [-0.4, -0.2) is 21.4 Å². The lowest BCUT2D eigenvalue weighted by atomic mass is 10.2. The Balaban J connectivity index is 1.53. The molecular formula is C18H16ClFN4OS2. The molecule has 0 saturated heterocycles. The number of halogens is 2. The van der Waals surface area contributed by atoms with E-state index in [4.69, 9.17) is 11.6 Å². The number of carbonyl (C=O) groups is 1. The quantitative estimate of drug-likeness (QED) is 0.531. The van der Waals surface area contributed by atoms with Gasteiger partial charge in [-0.15, -0.1) is 10.2 Å². The van der Waals surface area contributed by atoms with Gasteiger partial charge in [-0.3, -0.25) is 4.79 Å². The molecule has 0 radical (unpaired) electrons. The van der Waals surface area contributed by atoms with E-state index in [1.807, 2.05) is 18.2 Å². The molecule has 1 amide bonds. The van der Waals surface area contributed by atoms with Crippen LogP contribution < -0.4 is 10.6 Å². The van der Waals surface area contributed by atoms with Crippen molar-refractivity contribution in [2.24, 2.45) is 0 Å². The van der Waals surface area contributed by atoms with Crippen molar-refractivity contribution in [2.45, 2.75) is 23.1 Å². The van der Waals surface area contributed by atoms with Gasteiger partial charge in [-0.2, -0.15) is 0 Å². The van der Waals surface area contributed by atoms with Crippen LogP contribution in [0.3, 0.4) is 0 Å². The van der Waals surface area contributed by atoms with Crippen LogP contribution in [0, 0.1) is 5.82 Å². The first kappa shape index (κ1) is 19.6. The van der Waals surface area contributed by atoms with Gasteiger partial charge in [0.05, 0.1) is 5.25 Å². The third-order valence-electron chi connectivity index (χ3n) is 3.54. The third-order valence-corrected chi connectivity index (χ3v) is 5.93. The average Bonchev–Trinajstić information content (AvgIpc) is 3.07. The Morgan fingerprint density at radius 2 is 2.07 bits per heavy atom. The lowest BCUT2D eigenvalue weighted by Crippen LogP contribution is -2.30. The van der Waals surface area contributed by atoms with Gasteiger partial charge in [0.1, 0.15) is 5.82 Å². The van der Waals surface area contributed by atoms with Crippen molar-refractivity contribution >= 4 is 51.4 Å². The zero-order valence-corrected chi connectivity index (χ0v) is 16.7. The molecule has 2 N–H and O–H groups in total. The van der Waals surface area contributed by atoms with Gasteiger partial charge in [0.2, 0.25) is 11.0 Å². The van der Waals surface area contributed by atoms with Gasteiger partial charge in [-0.05, 0) is 36.8 Å². The fraction of sp³-hybridized carbons (Fsp3) is 0.167. The molecule has 0 aliphatic heterocycles. The van der Waals surface area contributed by atoms with Crippen molar-refractivity contribution in [1.29, 1.82) is 0 Å². The molecule has 0 fully saturated rings. The Kier molecular flexibility index (Phi) is 6.65. The Labute approximate surface area is 169 Å². The molecule has 27 heavy (non-hydrogen) atoms. The number of carbonyl (C=O) groups excluding carboxylic acids is 1. The van der Waals surface area contributed by atoms with Crippen molar-refractivity contribution in [3.05, 3.63) is 64.9 Å².